The number of ketones is 1. The Labute approximate surface area is 141 Å². The lowest BCUT2D eigenvalue weighted by Crippen LogP contribution is -2.16. The zero-order valence-electron chi connectivity index (χ0n) is 12.5. The highest BCUT2D eigenvalue weighted by atomic mass is 19.2. The van der Waals surface area contributed by atoms with Crippen molar-refractivity contribution in [2.24, 2.45) is 0 Å². The Morgan fingerprint density at radius 1 is 0.962 bits per heavy atom. The summed E-state index contributed by atoms with van der Waals surface area (Å²) in [5, 5.41) is 11.0. The molecule has 0 radical (unpaired) electrons. The average Bonchev–Trinajstić information content (AvgIpc) is 2.55. The first-order valence-corrected chi connectivity index (χ1v) is 6.62. The molecular formula is C15H8F5N3O3. The fourth-order valence-electron chi connectivity index (χ4n) is 1.79. The lowest BCUT2D eigenvalue weighted by atomic mass is 10.0. The summed E-state index contributed by atoms with van der Waals surface area (Å²) in [5.41, 5.74) is 2.92. The topological polar surface area (TPSA) is 105 Å². The molecule has 0 aliphatic heterocycles. The van der Waals surface area contributed by atoms with Crippen LogP contribution in [0.2, 0.25) is 0 Å². The number of pyridine rings is 1. The summed E-state index contributed by atoms with van der Waals surface area (Å²) in [6, 6.07) is 0.603. The number of Topliss-reactive ketones (excluding diaryl/α,β-unsaturated/α-hetero) is 1. The van der Waals surface area contributed by atoms with Crippen molar-refractivity contribution < 1.29 is 36.6 Å². The van der Waals surface area contributed by atoms with E-state index in [4.69, 9.17) is 10.8 Å². The second-order valence-electron chi connectivity index (χ2n) is 4.77. The second kappa shape index (κ2) is 7.17. The van der Waals surface area contributed by atoms with Crippen LogP contribution in [0.4, 0.5) is 33.6 Å². The number of hydrogen-bond donors (Lipinski definition) is 3. The smallest absolute Gasteiger partial charge is 0.341 e. The third-order valence-electron chi connectivity index (χ3n) is 3.04. The molecule has 0 saturated heterocycles. The predicted molar refractivity (Wildman–Crippen MR) is 78.6 cm³/mol. The number of rotatable bonds is 5. The minimum absolute atomic E-state index is 0.0668. The number of halogens is 5. The van der Waals surface area contributed by atoms with Gasteiger partial charge in [-0.15, -0.1) is 0 Å². The molecule has 136 valence electrons. The highest BCUT2D eigenvalue weighted by Crippen LogP contribution is 2.19. The van der Waals surface area contributed by atoms with Crippen LogP contribution in [-0.2, 0) is 4.79 Å². The first-order valence-electron chi connectivity index (χ1n) is 6.62. The Balaban J connectivity index is 2.42. The fourth-order valence-corrected chi connectivity index (χ4v) is 1.79. The second-order valence-corrected chi connectivity index (χ2v) is 4.77. The Morgan fingerprint density at radius 3 is 2.15 bits per heavy atom. The minimum atomic E-state index is -1.89. The van der Waals surface area contributed by atoms with Gasteiger partial charge in [-0.05, 0) is 6.07 Å². The maximum atomic E-state index is 13.6. The fraction of sp³-hybridized carbons (Fsp3) is 0. The minimum Gasteiger partial charge on any atom is -0.477 e. The maximum Gasteiger partial charge on any atom is 0.341 e. The summed E-state index contributed by atoms with van der Waals surface area (Å²) in [5.74, 6) is -11.9. The maximum absolute atomic E-state index is 13.6. The number of benzene rings is 1. The number of aromatic nitrogens is 1. The van der Waals surface area contributed by atoms with Gasteiger partial charge in [-0.2, -0.15) is 0 Å². The van der Waals surface area contributed by atoms with Gasteiger partial charge >= 0.3 is 5.97 Å². The highest BCUT2D eigenvalue weighted by Gasteiger charge is 2.24. The van der Waals surface area contributed by atoms with Crippen LogP contribution < -0.4 is 11.1 Å². The number of carboxylic acid groups (broad SMARTS) is 1. The summed E-state index contributed by atoms with van der Waals surface area (Å²) < 4.78 is 66.3. The predicted octanol–water partition coefficient (Wildman–Crippen LogP) is 2.62. The molecule has 0 fully saturated rings. The number of nitrogens with one attached hydrogen (secondary N) is 1. The first-order chi connectivity index (χ1) is 12.1. The molecule has 0 aliphatic rings. The van der Waals surface area contributed by atoms with Crippen molar-refractivity contribution in [1.82, 2.24) is 4.98 Å². The number of carboxylic acids is 1. The van der Waals surface area contributed by atoms with Gasteiger partial charge in [-0.25, -0.2) is 31.7 Å². The first kappa shape index (κ1) is 18.8. The Kier molecular flexibility index (Phi) is 5.19. The van der Waals surface area contributed by atoms with Crippen LogP contribution in [-0.4, -0.2) is 21.8 Å². The lowest BCUT2D eigenvalue weighted by molar-refractivity contribution is -0.132. The van der Waals surface area contributed by atoms with Crippen LogP contribution in [0.1, 0.15) is 10.4 Å². The van der Waals surface area contributed by atoms with Crippen LogP contribution in [0.5, 0.6) is 0 Å². The van der Waals surface area contributed by atoms with Crippen molar-refractivity contribution >= 4 is 23.4 Å². The van der Waals surface area contributed by atoms with Crippen LogP contribution in [0.25, 0.3) is 0 Å². The van der Waals surface area contributed by atoms with Crippen molar-refractivity contribution in [2.45, 2.75) is 0 Å². The quantitative estimate of drug-likeness (QED) is 0.186. The van der Waals surface area contributed by atoms with Gasteiger partial charge in [0.25, 0.3) is 0 Å². The Morgan fingerprint density at radius 2 is 1.54 bits per heavy atom. The molecule has 1 aromatic carbocycles. The molecule has 1 heterocycles. The number of aliphatic carboxylic acids is 1. The summed E-state index contributed by atoms with van der Waals surface area (Å²) >= 11 is 0. The largest absolute Gasteiger partial charge is 0.477 e. The molecule has 2 rings (SSSR count). The van der Waals surface area contributed by atoms with Gasteiger partial charge in [0.05, 0.1) is 5.56 Å². The standard InChI is InChI=1S/C15H8F5N3O3/c16-7-2-9(18)8(17)1-5(7)12(24)6(15(25)26)4-22-14-11(20)3-10(19)13(21)23-14/h1-4H,(H,25,26)(H3,21,22,23)/b6-4-. The molecule has 0 unspecified atom stereocenters. The highest BCUT2D eigenvalue weighted by molar-refractivity contribution is 6.23. The molecule has 0 bridgehead atoms. The van der Waals surface area contributed by atoms with Gasteiger partial charge in [-0.3, -0.25) is 4.79 Å². The molecule has 1 aromatic heterocycles. The molecule has 0 atom stereocenters. The molecule has 0 spiro atoms. The van der Waals surface area contributed by atoms with E-state index in [2.05, 4.69) is 4.98 Å². The van der Waals surface area contributed by atoms with Crippen LogP contribution in [0.15, 0.2) is 30.0 Å². The molecule has 0 amide bonds. The molecule has 26 heavy (non-hydrogen) atoms. The van der Waals surface area contributed by atoms with E-state index in [-0.39, 0.29) is 12.1 Å². The molecule has 11 heteroatoms. The van der Waals surface area contributed by atoms with E-state index in [1.807, 2.05) is 5.32 Å². The number of carbonyl (C=O) groups excluding carboxylic acids is 1. The van der Waals surface area contributed by atoms with Gasteiger partial charge in [-0.1, -0.05) is 0 Å². The molecule has 0 aliphatic carbocycles. The van der Waals surface area contributed by atoms with Crippen molar-refractivity contribution in [3.63, 3.8) is 0 Å². The number of carbonyl (C=O) groups is 2. The van der Waals surface area contributed by atoms with Crippen molar-refractivity contribution in [3.05, 3.63) is 64.6 Å². The SMILES string of the molecule is Nc1nc(N/C=C(\C(=O)O)C(=O)c2cc(F)c(F)cc2F)c(F)cc1F. The summed E-state index contributed by atoms with van der Waals surface area (Å²) in [6.07, 6.45) is 0.425. The van der Waals surface area contributed by atoms with E-state index in [0.717, 1.165) is 0 Å². The third kappa shape index (κ3) is 3.77. The van der Waals surface area contributed by atoms with Crippen LogP contribution in [0.3, 0.4) is 0 Å². The van der Waals surface area contributed by atoms with Crippen molar-refractivity contribution in [1.29, 1.82) is 0 Å². The summed E-state index contributed by atoms with van der Waals surface area (Å²) in [6.45, 7) is 0. The Hall–Kier alpha value is -3.50. The van der Waals surface area contributed by atoms with Gasteiger partial charge < -0.3 is 16.2 Å². The zero-order valence-corrected chi connectivity index (χ0v) is 12.5. The monoisotopic (exact) mass is 373 g/mol. The van der Waals surface area contributed by atoms with Crippen LogP contribution >= 0.6 is 0 Å². The third-order valence-corrected chi connectivity index (χ3v) is 3.04. The van der Waals surface area contributed by atoms with Gasteiger partial charge in [0, 0.05) is 18.3 Å². The zero-order chi connectivity index (χ0) is 19.6. The van der Waals surface area contributed by atoms with E-state index in [1.165, 1.54) is 0 Å². The molecule has 6 nitrogen and oxygen atoms in total. The normalized spacial score (nSPS) is 11.3. The van der Waals surface area contributed by atoms with E-state index in [1.54, 1.807) is 0 Å². The van der Waals surface area contributed by atoms with E-state index >= 15 is 0 Å². The molecule has 4 N–H and O–H groups in total. The number of anilines is 2. The molecule has 0 saturated carbocycles. The van der Waals surface area contributed by atoms with Crippen molar-refractivity contribution in [2.75, 3.05) is 11.1 Å². The lowest BCUT2D eigenvalue weighted by Gasteiger charge is -2.07. The average molecular weight is 373 g/mol. The summed E-state index contributed by atoms with van der Waals surface area (Å²) in [4.78, 5) is 26.5. The molecule has 2 aromatic rings. The molecular weight excluding hydrogens is 365 g/mol. The van der Waals surface area contributed by atoms with E-state index in [0.29, 0.717) is 12.3 Å². The number of nitrogens with zero attached hydrogens (tertiary/aromatic N) is 1. The number of nitrogen functional groups attached to an aromatic ring is 1. The Bertz CT molecular complexity index is 947. The number of nitrogens with two attached hydrogens (primary N) is 1. The summed E-state index contributed by atoms with van der Waals surface area (Å²) in [7, 11) is 0. The van der Waals surface area contributed by atoms with E-state index in [9.17, 15) is 31.5 Å². The van der Waals surface area contributed by atoms with E-state index < -0.39 is 63.6 Å². The van der Waals surface area contributed by atoms with Gasteiger partial charge in [0.15, 0.2) is 34.9 Å². The number of hydrogen-bond acceptors (Lipinski definition) is 5. The van der Waals surface area contributed by atoms with Crippen LogP contribution in [0, 0.1) is 29.1 Å². The van der Waals surface area contributed by atoms with Gasteiger partial charge in [0.2, 0.25) is 5.78 Å². The van der Waals surface area contributed by atoms with Crippen molar-refractivity contribution in [3.8, 4) is 0 Å². The van der Waals surface area contributed by atoms with Gasteiger partial charge in [0.1, 0.15) is 11.4 Å².